The van der Waals surface area contributed by atoms with E-state index in [9.17, 15) is 22.8 Å². The van der Waals surface area contributed by atoms with Crippen LogP contribution in [-0.2, 0) is 32.5 Å². The molecule has 200 valence electrons. The van der Waals surface area contributed by atoms with Crippen molar-refractivity contribution in [2.24, 2.45) is 0 Å². The highest BCUT2D eigenvalue weighted by Crippen LogP contribution is 2.38. The van der Waals surface area contributed by atoms with Crippen LogP contribution in [0.4, 0.5) is 15.5 Å². The molecule has 0 spiro atoms. The number of hydrogen-bond donors (Lipinski definition) is 2. The van der Waals surface area contributed by atoms with Crippen molar-refractivity contribution in [3.63, 3.8) is 0 Å². The average Bonchev–Trinajstić information content (AvgIpc) is 3.26. The number of carbonyl (C=O) groups is 3. The molecule has 12 heteroatoms. The van der Waals surface area contributed by atoms with Gasteiger partial charge >= 0.3 is 12.1 Å². The Kier molecular flexibility index (Phi) is 8.32. The Morgan fingerprint density at radius 1 is 1.00 bits per heavy atom. The predicted octanol–water partition coefficient (Wildman–Crippen LogP) is 4.49. The van der Waals surface area contributed by atoms with Crippen LogP contribution in [-0.4, -0.2) is 51.0 Å². The molecular weight excluding hydrogens is 530 g/mol. The van der Waals surface area contributed by atoms with E-state index in [2.05, 4.69) is 10.0 Å². The van der Waals surface area contributed by atoms with Crippen LogP contribution in [0.15, 0.2) is 59.5 Å². The van der Waals surface area contributed by atoms with Crippen LogP contribution in [0.2, 0.25) is 0 Å². The summed E-state index contributed by atoms with van der Waals surface area (Å²) in [5, 5.41) is 3.09. The molecule has 2 aromatic carbocycles. The SMILES string of the molecule is CCOC(=O)c1c(NC(=O)c2cccc(NS(=O)(=O)c3ccccc3)c2)sc2c1CCN(C(=O)OCC)C2. The molecule has 3 aromatic rings. The standard InChI is InChI=1S/C26H27N3O7S2/c1-3-35-25(31)22-20-13-14-29(26(32)36-4-2)16-21(20)37-24(22)27-23(30)17-9-8-10-18(15-17)28-38(33,34)19-11-6-5-7-12-19/h5-12,15,28H,3-4,13-14,16H2,1-2H3,(H,27,30). The Hall–Kier alpha value is -3.90. The molecule has 0 radical (unpaired) electrons. The Morgan fingerprint density at radius 3 is 2.45 bits per heavy atom. The predicted molar refractivity (Wildman–Crippen MR) is 143 cm³/mol. The van der Waals surface area contributed by atoms with Gasteiger partial charge in [-0.25, -0.2) is 18.0 Å². The largest absolute Gasteiger partial charge is 0.462 e. The van der Waals surface area contributed by atoms with Gasteiger partial charge in [-0.3, -0.25) is 9.52 Å². The smallest absolute Gasteiger partial charge is 0.410 e. The van der Waals surface area contributed by atoms with Gasteiger partial charge in [0, 0.05) is 22.7 Å². The Bertz CT molecular complexity index is 1450. The highest BCUT2D eigenvalue weighted by molar-refractivity contribution is 7.92. The fraction of sp³-hybridized carbons (Fsp3) is 0.269. The first-order valence-electron chi connectivity index (χ1n) is 12.0. The molecule has 1 aliphatic heterocycles. The number of nitrogens with one attached hydrogen (secondary N) is 2. The second-order valence-electron chi connectivity index (χ2n) is 8.25. The van der Waals surface area contributed by atoms with Gasteiger partial charge in [0.2, 0.25) is 0 Å². The number of fused-ring (bicyclic) bond motifs is 1. The summed E-state index contributed by atoms with van der Waals surface area (Å²) in [5.74, 6) is -1.09. The number of anilines is 2. The molecule has 0 saturated carbocycles. The molecular formula is C26H27N3O7S2. The molecule has 0 atom stereocenters. The average molecular weight is 558 g/mol. The van der Waals surface area contributed by atoms with Gasteiger partial charge < -0.3 is 19.7 Å². The number of nitrogens with zero attached hydrogens (tertiary/aromatic N) is 1. The quantitative estimate of drug-likeness (QED) is 0.390. The number of thiophene rings is 1. The highest BCUT2D eigenvalue weighted by atomic mass is 32.2. The van der Waals surface area contributed by atoms with Crippen LogP contribution in [0.5, 0.6) is 0 Å². The maximum atomic E-state index is 13.2. The van der Waals surface area contributed by atoms with E-state index >= 15 is 0 Å². The first-order valence-corrected chi connectivity index (χ1v) is 14.3. The van der Waals surface area contributed by atoms with Crippen molar-refractivity contribution in [1.29, 1.82) is 0 Å². The molecule has 0 bridgehead atoms. The molecule has 0 saturated heterocycles. The number of ether oxygens (including phenoxy) is 2. The molecule has 4 rings (SSSR count). The molecule has 2 amide bonds. The summed E-state index contributed by atoms with van der Waals surface area (Å²) >= 11 is 1.20. The van der Waals surface area contributed by atoms with Gasteiger partial charge in [0.15, 0.2) is 0 Å². The fourth-order valence-electron chi connectivity index (χ4n) is 3.99. The molecule has 2 N–H and O–H groups in total. The number of amides is 2. The van der Waals surface area contributed by atoms with E-state index in [-0.39, 0.29) is 41.5 Å². The summed E-state index contributed by atoms with van der Waals surface area (Å²) < 4.78 is 38.2. The molecule has 1 aromatic heterocycles. The van der Waals surface area contributed by atoms with Gasteiger partial charge in [-0.2, -0.15) is 0 Å². The summed E-state index contributed by atoms with van der Waals surface area (Å²) in [6.07, 6.45) is -0.0320. The van der Waals surface area contributed by atoms with E-state index < -0.39 is 28.0 Å². The van der Waals surface area contributed by atoms with Gasteiger partial charge in [0.25, 0.3) is 15.9 Å². The minimum absolute atomic E-state index is 0.0926. The Balaban J connectivity index is 1.58. The van der Waals surface area contributed by atoms with Gasteiger partial charge in [-0.05, 0) is 56.2 Å². The molecule has 38 heavy (non-hydrogen) atoms. The first kappa shape index (κ1) is 27.1. The second kappa shape index (κ2) is 11.7. The summed E-state index contributed by atoms with van der Waals surface area (Å²) in [5.41, 5.74) is 1.40. The van der Waals surface area contributed by atoms with Gasteiger partial charge in [0.05, 0.1) is 30.2 Å². The number of carbonyl (C=O) groups excluding carboxylic acids is 3. The van der Waals surface area contributed by atoms with Gasteiger partial charge in [0.1, 0.15) is 5.00 Å². The topological polar surface area (TPSA) is 131 Å². The maximum Gasteiger partial charge on any atom is 0.410 e. The number of rotatable bonds is 8. The summed E-state index contributed by atoms with van der Waals surface area (Å²) in [7, 11) is -3.84. The second-order valence-corrected chi connectivity index (χ2v) is 11.0. The number of sulfonamides is 1. The highest BCUT2D eigenvalue weighted by Gasteiger charge is 2.31. The van der Waals surface area contributed by atoms with E-state index in [1.165, 1.54) is 41.7 Å². The third kappa shape index (κ3) is 5.97. The lowest BCUT2D eigenvalue weighted by atomic mass is 10.0. The lowest BCUT2D eigenvalue weighted by molar-refractivity contribution is 0.0526. The lowest BCUT2D eigenvalue weighted by Crippen LogP contribution is -2.36. The summed E-state index contributed by atoms with van der Waals surface area (Å²) in [6.45, 7) is 4.45. The fourth-order valence-corrected chi connectivity index (χ4v) is 6.31. The number of esters is 1. The van der Waals surface area contributed by atoms with Crippen molar-refractivity contribution < 1.29 is 32.3 Å². The van der Waals surface area contributed by atoms with E-state index in [0.29, 0.717) is 18.0 Å². The van der Waals surface area contributed by atoms with Crippen molar-refractivity contribution in [3.8, 4) is 0 Å². The third-order valence-electron chi connectivity index (χ3n) is 5.72. The minimum atomic E-state index is -3.84. The molecule has 10 nitrogen and oxygen atoms in total. The summed E-state index contributed by atoms with van der Waals surface area (Å²) in [6, 6.07) is 13.9. The van der Waals surface area contributed by atoms with Crippen LogP contribution in [0.25, 0.3) is 0 Å². The molecule has 2 heterocycles. The van der Waals surface area contributed by atoms with Crippen LogP contribution < -0.4 is 10.0 Å². The van der Waals surface area contributed by atoms with Gasteiger partial charge in [-0.15, -0.1) is 11.3 Å². The van der Waals surface area contributed by atoms with Crippen molar-refractivity contribution in [3.05, 3.63) is 76.2 Å². The molecule has 0 unspecified atom stereocenters. The normalized spacial score (nSPS) is 12.8. The van der Waals surface area contributed by atoms with E-state index in [4.69, 9.17) is 9.47 Å². The van der Waals surface area contributed by atoms with Crippen LogP contribution in [0.1, 0.15) is 45.0 Å². The Labute approximate surface area is 224 Å². The lowest BCUT2D eigenvalue weighted by Gasteiger charge is -2.26. The molecule has 0 fully saturated rings. The zero-order chi connectivity index (χ0) is 27.3. The van der Waals surface area contributed by atoms with Crippen LogP contribution in [0, 0.1) is 0 Å². The molecule has 1 aliphatic rings. The van der Waals surface area contributed by atoms with E-state index in [0.717, 1.165) is 10.4 Å². The first-order chi connectivity index (χ1) is 18.2. The monoisotopic (exact) mass is 557 g/mol. The van der Waals surface area contributed by atoms with E-state index in [1.54, 1.807) is 43.0 Å². The van der Waals surface area contributed by atoms with Crippen molar-refractivity contribution in [1.82, 2.24) is 4.90 Å². The van der Waals surface area contributed by atoms with Crippen LogP contribution in [0.3, 0.4) is 0 Å². The minimum Gasteiger partial charge on any atom is -0.462 e. The number of benzene rings is 2. The van der Waals surface area contributed by atoms with Crippen LogP contribution >= 0.6 is 11.3 Å². The van der Waals surface area contributed by atoms with Crippen molar-refractivity contribution in [2.75, 3.05) is 29.8 Å². The maximum absolute atomic E-state index is 13.2. The Morgan fingerprint density at radius 2 is 1.74 bits per heavy atom. The zero-order valence-corrected chi connectivity index (χ0v) is 22.5. The van der Waals surface area contributed by atoms with E-state index in [1.807, 2.05) is 0 Å². The molecule has 0 aliphatic carbocycles. The third-order valence-corrected chi connectivity index (χ3v) is 8.25. The zero-order valence-electron chi connectivity index (χ0n) is 20.9. The summed E-state index contributed by atoms with van der Waals surface area (Å²) in [4.78, 5) is 40.6. The number of hydrogen-bond acceptors (Lipinski definition) is 8. The van der Waals surface area contributed by atoms with Gasteiger partial charge in [-0.1, -0.05) is 24.3 Å². The van der Waals surface area contributed by atoms with Crippen molar-refractivity contribution in [2.45, 2.75) is 31.7 Å². The van der Waals surface area contributed by atoms with Crippen molar-refractivity contribution >= 4 is 50.0 Å².